The zero-order chi connectivity index (χ0) is 32.7. The molecular formula is C37H29Cl2F3N2O3. The number of fused-ring (bicyclic) bond motifs is 5. The van der Waals surface area contributed by atoms with Crippen LogP contribution >= 0.6 is 23.2 Å². The summed E-state index contributed by atoms with van der Waals surface area (Å²) in [5.74, 6) is -3.13. The second-order valence-corrected chi connectivity index (χ2v) is 14.0. The second kappa shape index (κ2) is 10.8. The summed E-state index contributed by atoms with van der Waals surface area (Å²) in [6.45, 7) is -1.93. The van der Waals surface area contributed by atoms with Crippen LogP contribution in [0, 0.1) is 11.2 Å². The molecule has 3 fully saturated rings. The zero-order valence-corrected chi connectivity index (χ0v) is 26.4. The number of hydrogen-bond donors (Lipinski definition) is 1. The normalized spacial score (nSPS) is 28.4. The topological polar surface area (TPSA) is 58.6 Å². The van der Waals surface area contributed by atoms with Gasteiger partial charge in [-0.3, -0.25) is 23.3 Å². The highest BCUT2D eigenvalue weighted by Gasteiger charge is 2.83. The van der Waals surface area contributed by atoms with Crippen molar-refractivity contribution in [3.63, 3.8) is 0 Å². The number of nitrogens with zero attached hydrogens (tertiary/aromatic N) is 1. The van der Waals surface area contributed by atoms with Gasteiger partial charge in [0.25, 0.3) is 0 Å². The van der Waals surface area contributed by atoms with Crippen molar-refractivity contribution in [3.05, 3.63) is 135 Å². The van der Waals surface area contributed by atoms with Gasteiger partial charge < -0.3 is 10.1 Å². The summed E-state index contributed by atoms with van der Waals surface area (Å²) in [6.07, 6.45) is -1.05. The van der Waals surface area contributed by atoms with Gasteiger partial charge in [0.15, 0.2) is 0 Å². The molecular weight excluding hydrogens is 648 g/mol. The second-order valence-electron chi connectivity index (χ2n) is 13.2. The predicted molar refractivity (Wildman–Crippen MR) is 172 cm³/mol. The molecule has 0 aromatic heterocycles. The maximum absolute atomic E-state index is 16.4. The molecule has 0 radical (unpaired) electrons. The minimum atomic E-state index is -1.69. The number of carbonyl (C=O) groups excluding carboxylic acids is 2. The molecule has 2 spiro atoms. The van der Waals surface area contributed by atoms with Gasteiger partial charge in [-0.15, -0.1) is 0 Å². The number of halogens is 5. The lowest BCUT2D eigenvalue weighted by Crippen LogP contribution is -2.72. The van der Waals surface area contributed by atoms with E-state index in [0.29, 0.717) is 21.8 Å². The van der Waals surface area contributed by atoms with Crippen LogP contribution in [0.5, 0.6) is 0 Å². The third kappa shape index (κ3) is 4.01. The van der Waals surface area contributed by atoms with Crippen LogP contribution in [-0.4, -0.2) is 41.7 Å². The monoisotopic (exact) mass is 676 g/mol. The number of alkyl halides is 2. The zero-order valence-electron chi connectivity index (χ0n) is 24.9. The number of hydrogen-bond acceptors (Lipinski definition) is 4. The summed E-state index contributed by atoms with van der Waals surface area (Å²) in [5, 5.41) is 3.15. The number of anilines is 1. The lowest BCUT2D eigenvalue weighted by Gasteiger charge is -2.64. The molecule has 4 aromatic rings. The van der Waals surface area contributed by atoms with Crippen molar-refractivity contribution in [2.75, 3.05) is 18.7 Å². The first-order valence-corrected chi connectivity index (χ1v) is 16.2. The van der Waals surface area contributed by atoms with E-state index in [1.807, 2.05) is 65.6 Å². The lowest BCUT2D eigenvalue weighted by molar-refractivity contribution is -0.200. The summed E-state index contributed by atoms with van der Waals surface area (Å²) >= 11 is 12.8. The third-order valence-electron chi connectivity index (χ3n) is 10.9. The Balaban J connectivity index is 1.49. The Morgan fingerprint density at radius 3 is 2.15 bits per heavy atom. The van der Waals surface area contributed by atoms with E-state index in [-0.39, 0.29) is 23.4 Å². The van der Waals surface area contributed by atoms with Gasteiger partial charge in [0, 0.05) is 27.6 Å². The highest BCUT2D eigenvalue weighted by molar-refractivity contribution is 6.31. The van der Waals surface area contributed by atoms with Gasteiger partial charge in [0.2, 0.25) is 5.91 Å². The number of morpholine rings is 1. The first-order chi connectivity index (χ1) is 22.7. The van der Waals surface area contributed by atoms with Gasteiger partial charge >= 0.3 is 5.97 Å². The van der Waals surface area contributed by atoms with E-state index in [1.165, 1.54) is 12.1 Å². The first-order valence-electron chi connectivity index (χ1n) is 15.5. The number of ether oxygens (including phenoxy) is 1. The van der Waals surface area contributed by atoms with Crippen LogP contribution in [-0.2, 0) is 19.7 Å². The van der Waals surface area contributed by atoms with E-state index >= 15 is 4.39 Å². The van der Waals surface area contributed by atoms with Crippen LogP contribution in [0.2, 0.25) is 10.0 Å². The highest BCUT2D eigenvalue weighted by atomic mass is 35.5. The Morgan fingerprint density at radius 2 is 1.49 bits per heavy atom. The van der Waals surface area contributed by atoms with Gasteiger partial charge in [-0.2, -0.15) is 0 Å². The number of carbonyl (C=O) groups is 2. The minimum Gasteiger partial charge on any atom is -0.454 e. The molecule has 240 valence electrons. The van der Waals surface area contributed by atoms with Gasteiger partial charge in [0.1, 0.15) is 23.4 Å². The molecule has 4 aromatic carbocycles. The molecule has 5 nitrogen and oxygen atoms in total. The number of benzene rings is 4. The lowest BCUT2D eigenvalue weighted by atomic mass is 9.45. The first kappa shape index (κ1) is 30.5. The Bertz CT molecular complexity index is 1900. The molecule has 8 rings (SSSR count). The SMILES string of the molecule is O=C1O[C@@H](c2ccccc2)[C@@H](c2ccccc2)N2[C@@H]1[C@H](c1cccc(Cl)c1F)[C@@]1(C(=O)Nc3cc(Cl)ccc31)C21CC(CF)(CF)C1. The number of cyclic esters (lactones) is 1. The Kier molecular flexibility index (Phi) is 7.03. The highest BCUT2D eigenvalue weighted by Crippen LogP contribution is 2.75. The number of esters is 1. The van der Waals surface area contributed by atoms with Gasteiger partial charge in [0.05, 0.1) is 24.4 Å². The molecule has 1 aliphatic carbocycles. The van der Waals surface area contributed by atoms with Gasteiger partial charge in [-0.05, 0) is 53.3 Å². The molecule has 0 unspecified atom stereocenters. The van der Waals surface area contributed by atoms with Gasteiger partial charge in [-0.25, -0.2) is 4.39 Å². The van der Waals surface area contributed by atoms with Crippen LogP contribution < -0.4 is 5.32 Å². The van der Waals surface area contributed by atoms with E-state index in [1.54, 1.807) is 24.3 Å². The van der Waals surface area contributed by atoms with Crippen molar-refractivity contribution in [2.45, 2.75) is 47.9 Å². The fourth-order valence-electron chi connectivity index (χ4n) is 9.25. The average Bonchev–Trinajstić information content (AvgIpc) is 3.51. The summed E-state index contributed by atoms with van der Waals surface area (Å²) in [4.78, 5) is 31.5. The summed E-state index contributed by atoms with van der Waals surface area (Å²) in [5.41, 5.74) is -2.04. The summed E-state index contributed by atoms with van der Waals surface area (Å²) in [6, 6.07) is 26.2. The summed E-state index contributed by atoms with van der Waals surface area (Å²) < 4.78 is 52.5. The molecule has 4 aliphatic rings. The van der Waals surface area contributed by atoms with E-state index in [9.17, 15) is 18.4 Å². The van der Waals surface area contributed by atoms with Crippen molar-refractivity contribution in [1.82, 2.24) is 4.90 Å². The smallest absolute Gasteiger partial charge is 0.324 e. The molecule has 2 saturated heterocycles. The van der Waals surface area contributed by atoms with Crippen molar-refractivity contribution in [1.29, 1.82) is 0 Å². The molecule has 0 bridgehead atoms. The van der Waals surface area contributed by atoms with E-state index < -0.39 is 71.5 Å². The molecule has 3 aliphatic heterocycles. The van der Waals surface area contributed by atoms with Crippen LogP contribution in [0.4, 0.5) is 18.9 Å². The van der Waals surface area contributed by atoms with E-state index in [2.05, 4.69) is 5.32 Å². The maximum Gasteiger partial charge on any atom is 0.324 e. The average molecular weight is 678 g/mol. The number of amides is 1. The molecule has 1 N–H and O–H groups in total. The molecule has 3 heterocycles. The van der Waals surface area contributed by atoms with Crippen LogP contribution in [0.25, 0.3) is 0 Å². The van der Waals surface area contributed by atoms with E-state index in [0.717, 1.165) is 5.56 Å². The maximum atomic E-state index is 16.4. The Hall–Kier alpha value is -3.85. The molecule has 47 heavy (non-hydrogen) atoms. The van der Waals surface area contributed by atoms with Crippen molar-refractivity contribution in [3.8, 4) is 0 Å². The van der Waals surface area contributed by atoms with Crippen molar-refractivity contribution in [2.24, 2.45) is 5.41 Å². The van der Waals surface area contributed by atoms with Crippen molar-refractivity contribution >= 4 is 40.8 Å². The van der Waals surface area contributed by atoms with Crippen LogP contribution in [0.15, 0.2) is 97.1 Å². The van der Waals surface area contributed by atoms with Crippen LogP contribution in [0.1, 0.15) is 53.2 Å². The van der Waals surface area contributed by atoms with Gasteiger partial charge in [-0.1, -0.05) is 102 Å². The fourth-order valence-corrected chi connectivity index (χ4v) is 9.60. The predicted octanol–water partition coefficient (Wildman–Crippen LogP) is 8.29. The summed E-state index contributed by atoms with van der Waals surface area (Å²) in [7, 11) is 0. The molecule has 1 saturated carbocycles. The number of rotatable bonds is 5. The Morgan fingerprint density at radius 1 is 0.830 bits per heavy atom. The van der Waals surface area contributed by atoms with Crippen molar-refractivity contribution < 1.29 is 27.5 Å². The Labute approximate surface area is 279 Å². The minimum absolute atomic E-state index is 0.0437. The fraction of sp³-hybridized carbons (Fsp3) is 0.297. The number of nitrogens with one attached hydrogen (secondary N) is 1. The standard InChI is InChI=1S/C37H29Cl2F3N2O3/c38-23-14-15-25-27(16-23)43-34(46)37(25)28(24-12-7-13-26(39)29(24)42)31-33(45)47-32(22-10-5-2-6-11-22)30(21-8-3-1-4-9-21)44(31)36(37)17-35(18-36,19-40)20-41/h1-16,28,30-32H,17-20H2,(H,43,46)/t28-,30+,31+,32-,37-/m0/s1. The van der Waals surface area contributed by atoms with E-state index in [4.69, 9.17) is 27.9 Å². The third-order valence-corrected chi connectivity index (χ3v) is 11.4. The largest absolute Gasteiger partial charge is 0.454 e. The quantitative estimate of drug-likeness (QED) is 0.216. The molecule has 1 amide bonds. The molecule has 10 heteroatoms. The molecule has 5 atom stereocenters. The van der Waals surface area contributed by atoms with Crippen LogP contribution in [0.3, 0.4) is 0 Å².